The van der Waals surface area contributed by atoms with E-state index in [0.29, 0.717) is 35.5 Å². The number of nitrogens with zero attached hydrogens (tertiary/aromatic N) is 3. The van der Waals surface area contributed by atoms with Gasteiger partial charge in [-0.25, -0.2) is 18.2 Å². The molecule has 5 rings (SSSR count). The summed E-state index contributed by atoms with van der Waals surface area (Å²) in [6, 6.07) is 14.4. The van der Waals surface area contributed by atoms with Gasteiger partial charge in [-0.15, -0.1) is 0 Å². The molecule has 37 heavy (non-hydrogen) atoms. The molecule has 2 aromatic heterocycles. The zero-order valence-electron chi connectivity index (χ0n) is 19.7. The molecule has 0 bridgehead atoms. The number of pyridine rings is 2. The topological polar surface area (TPSA) is 78.3 Å². The Bertz CT molecular complexity index is 1430. The van der Waals surface area contributed by atoms with Gasteiger partial charge in [0.1, 0.15) is 5.82 Å². The van der Waals surface area contributed by atoms with Crippen LogP contribution in [0.1, 0.15) is 38.7 Å². The van der Waals surface area contributed by atoms with Gasteiger partial charge >= 0.3 is 0 Å². The Labute approximate surface area is 211 Å². The van der Waals surface area contributed by atoms with Crippen LogP contribution < -0.4 is 10.2 Å². The lowest BCUT2D eigenvalue weighted by molar-refractivity contribution is 0.0915. The summed E-state index contributed by atoms with van der Waals surface area (Å²) in [5, 5.41) is 13.2. The molecule has 3 heterocycles. The lowest BCUT2D eigenvalue weighted by atomic mass is 10.0. The molecule has 1 aliphatic heterocycles. The molecule has 1 aliphatic rings. The fraction of sp³-hybridized carbons (Fsp3) is 0.179. The second-order valence-corrected chi connectivity index (χ2v) is 8.78. The second-order valence-electron chi connectivity index (χ2n) is 8.78. The molecule has 1 amide bonds. The van der Waals surface area contributed by atoms with Crippen molar-refractivity contribution < 1.29 is 23.1 Å². The Morgan fingerprint density at radius 2 is 1.76 bits per heavy atom. The minimum absolute atomic E-state index is 0.0599. The van der Waals surface area contributed by atoms with E-state index in [1.54, 1.807) is 48.9 Å². The number of halogens is 3. The molecule has 1 unspecified atom stereocenters. The number of benzene rings is 2. The van der Waals surface area contributed by atoms with Crippen LogP contribution in [0.3, 0.4) is 0 Å². The molecular weight excluding hydrogens is 481 g/mol. The minimum Gasteiger partial charge on any atom is -0.387 e. The van der Waals surface area contributed by atoms with Crippen LogP contribution in [-0.4, -0.2) is 34.1 Å². The number of aromatic nitrogens is 2. The van der Waals surface area contributed by atoms with E-state index in [4.69, 9.17) is 0 Å². The number of amides is 1. The number of rotatable bonds is 7. The molecule has 0 saturated carbocycles. The van der Waals surface area contributed by atoms with Crippen LogP contribution in [0.2, 0.25) is 0 Å². The van der Waals surface area contributed by atoms with Crippen LogP contribution in [0.4, 0.5) is 24.7 Å². The quantitative estimate of drug-likeness (QED) is 0.359. The number of nitrogens with one attached hydrogen (secondary N) is 1. The fourth-order valence-electron chi connectivity index (χ4n) is 4.54. The molecule has 0 fully saturated rings. The SMILES string of the molecule is O=C(NCC(O)c1ccncc1)c1cccc2c1CCN2c1cc(Cc2cc(F)c(F)c(F)c2)ccn1. The first kappa shape index (κ1) is 24.5. The van der Waals surface area contributed by atoms with Gasteiger partial charge in [0, 0.05) is 42.9 Å². The molecule has 6 nitrogen and oxygen atoms in total. The molecule has 0 radical (unpaired) electrons. The van der Waals surface area contributed by atoms with Crippen LogP contribution in [0.15, 0.2) is 73.2 Å². The van der Waals surface area contributed by atoms with E-state index < -0.39 is 23.6 Å². The highest BCUT2D eigenvalue weighted by atomic mass is 19.2. The fourth-order valence-corrected chi connectivity index (χ4v) is 4.54. The van der Waals surface area contributed by atoms with E-state index in [2.05, 4.69) is 15.3 Å². The van der Waals surface area contributed by atoms with Crippen molar-refractivity contribution in [1.29, 1.82) is 0 Å². The molecule has 0 spiro atoms. The van der Waals surface area contributed by atoms with Gasteiger partial charge in [0.25, 0.3) is 5.91 Å². The zero-order chi connectivity index (χ0) is 25.9. The summed E-state index contributed by atoms with van der Waals surface area (Å²) < 4.78 is 40.6. The van der Waals surface area contributed by atoms with Crippen molar-refractivity contribution in [2.45, 2.75) is 18.9 Å². The average Bonchev–Trinajstić information content (AvgIpc) is 3.35. The van der Waals surface area contributed by atoms with Crippen molar-refractivity contribution in [1.82, 2.24) is 15.3 Å². The molecule has 2 N–H and O–H groups in total. The lowest BCUT2D eigenvalue weighted by Crippen LogP contribution is -2.29. The number of aliphatic hydroxyl groups excluding tert-OH is 1. The Morgan fingerprint density at radius 1 is 1.00 bits per heavy atom. The Hall–Kier alpha value is -4.24. The summed E-state index contributed by atoms with van der Waals surface area (Å²) in [5.74, 6) is -3.59. The number of anilines is 2. The summed E-state index contributed by atoms with van der Waals surface area (Å²) in [5.41, 5.74) is 3.96. The third-order valence-corrected chi connectivity index (χ3v) is 6.36. The van der Waals surface area contributed by atoms with E-state index in [-0.39, 0.29) is 18.9 Å². The first-order valence-corrected chi connectivity index (χ1v) is 11.7. The third kappa shape index (κ3) is 5.17. The predicted octanol–water partition coefficient (Wildman–Crippen LogP) is 4.64. The van der Waals surface area contributed by atoms with Gasteiger partial charge < -0.3 is 15.3 Å². The van der Waals surface area contributed by atoms with Gasteiger partial charge in [-0.2, -0.15) is 0 Å². The Kier molecular flexibility index (Phi) is 6.87. The van der Waals surface area contributed by atoms with Gasteiger partial charge in [0.2, 0.25) is 0 Å². The van der Waals surface area contributed by atoms with E-state index in [0.717, 1.165) is 28.9 Å². The van der Waals surface area contributed by atoms with Crippen LogP contribution in [0.25, 0.3) is 0 Å². The summed E-state index contributed by atoms with van der Waals surface area (Å²) in [7, 11) is 0. The largest absolute Gasteiger partial charge is 0.387 e. The predicted molar refractivity (Wildman–Crippen MR) is 132 cm³/mol. The molecule has 188 valence electrons. The number of aliphatic hydroxyl groups is 1. The van der Waals surface area contributed by atoms with Gasteiger partial charge in [-0.05, 0) is 83.6 Å². The normalized spacial score (nSPS) is 13.4. The maximum atomic E-state index is 13.6. The van der Waals surface area contributed by atoms with Crippen molar-refractivity contribution in [3.05, 3.63) is 118 Å². The number of hydrogen-bond donors (Lipinski definition) is 2. The molecule has 1 atom stereocenters. The Morgan fingerprint density at radius 3 is 2.51 bits per heavy atom. The lowest BCUT2D eigenvalue weighted by Gasteiger charge is -2.20. The van der Waals surface area contributed by atoms with Crippen molar-refractivity contribution in [3.63, 3.8) is 0 Å². The van der Waals surface area contributed by atoms with Crippen LogP contribution in [0.5, 0.6) is 0 Å². The van der Waals surface area contributed by atoms with E-state index >= 15 is 0 Å². The van der Waals surface area contributed by atoms with Gasteiger partial charge in [0.15, 0.2) is 17.5 Å². The molecule has 0 aliphatic carbocycles. The van der Waals surface area contributed by atoms with E-state index in [9.17, 15) is 23.1 Å². The third-order valence-electron chi connectivity index (χ3n) is 6.36. The number of fused-ring (bicyclic) bond motifs is 1. The first-order chi connectivity index (χ1) is 17.9. The maximum Gasteiger partial charge on any atom is 0.251 e. The smallest absolute Gasteiger partial charge is 0.251 e. The molecule has 2 aromatic carbocycles. The maximum absolute atomic E-state index is 13.6. The first-order valence-electron chi connectivity index (χ1n) is 11.7. The molecule has 9 heteroatoms. The number of hydrogen-bond acceptors (Lipinski definition) is 5. The van der Waals surface area contributed by atoms with Crippen molar-refractivity contribution in [2.24, 2.45) is 0 Å². The van der Waals surface area contributed by atoms with E-state index in [1.807, 2.05) is 17.0 Å². The highest BCUT2D eigenvalue weighted by molar-refractivity contribution is 5.98. The summed E-state index contributed by atoms with van der Waals surface area (Å²) >= 11 is 0. The van der Waals surface area contributed by atoms with E-state index in [1.165, 1.54) is 0 Å². The molecular formula is C28H23F3N4O2. The minimum atomic E-state index is -1.49. The highest BCUT2D eigenvalue weighted by Crippen LogP contribution is 2.36. The van der Waals surface area contributed by atoms with Crippen LogP contribution in [-0.2, 0) is 12.8 Å². The number of carbonyl (C=O) groups is 1. The van der Waals surface area contributed by atoms with Crippen LogP contribution >= 0.6 is 0 Å². The zero-order valence-corrected chi connectivity index (χ0v) is 19.7. The van der Waals surface area contributed by atoms with Crippen molar-refractivity contribution in [2.75, 3.05) is 18.0 Å². The number of carbonyl (C=O) groups excluding carboxylic acids is 1. The molecule has 4 aromatic rings. The summed E-state index contributed by atoms with van der Waals surface area (Å²) in [6.07, 6.45) is 4.74. The van der Waals surface area contributed by atoms with Crippen molar-refractivity contribution in [3.8, 4) is 0 Å². The van der Waals surface area contributed by atoms with Gasteiger partial charge in [-0.3, -0.25) is 9.78 Å². The monoisotopic (exact) mass is 504 g/mol. The Balaban J connectivity index is 1.33. The summed E-state index contributed by atoms with van der Waals surface area (Å²) in [4.78, 5) is 23.3. The highest BCUT2D eigenvalue weighted by Gasteiger charge is 2.26. The van der Waals surface area contributed by atoms with Gasteiger partial charge in [0.05, 0.1) is 6.10 Å². The van der Waals surface area contributed by atoms with Crippen LogP contribution in [0, 0.1) is 17.5 Å². The van der Waals surface area contributed by atoms with Gasteiger partial charge in [-0.1, -0.05) is 6.07 Å². The standard InChI is InChI=1S/C28H23F3N4O2/c29-22-13-18(14-23(30)27(22)31)12-17-4-10-33-26(15-17)35-11-7-20-21(2-1-3-24(20)35)28(37)34-16-25(36)19-5-8-32-9-6-19/h1-6,8-10,13-15,25,36H,7,11-12,16H2,(H,34,37). The summed E-state index contributed by atoms with van der Waals surface area (Å²) in [6.45, 7) is 0.653. The second kappa shape index (κ2) is 10.4. The van der Waals surface area contributed by atoms with Crippen molar-refractivity contribution >= 4 is 17.4 Å². The molecule has 0 saturated heterocycles. The average molecular weight is 505 g/mol.